The van der Waals surface area contributed by atoms with Crippen LogP contribution in [-0.2, 0) is 14.6 Å². The second-order valence-corrected chi connectivity index (χ2v) is 13.6. The van der Waals surface area contributed by atoms with Crippen molar-refractivity contribution in [2.24, 2.45) is 5.41 Å². The van der Waals surface area contributed by atoms with Crippen molar-refractivity contribution < 1.29 is 36.2 Å². The van der Waals surface area contributed by atoms with Gasteiger partial charge in [-0.15, -0.1) is 0 Å². The molecule has 2 aliphatic rings. The molecule has 10 nitrogen and oxygen atoms in total. The summed E-state index contributed by atoms with van der Waals surface area (Å²) in [5.41, 5.74) is 6.56. The van der Waals surface area contributed by atoms with Crippen molar-refractivity contribution in [3.63, 3.8) is 0 Å². The molecule has 3 aromatic rings. The van der Waals surface area contributed by atoms with Crippen molar-refractivity contribution in [3.8, 4) is 17.0 Å². The molecule has 2 aromatic carbocycles. The Morgan fingerprint density at radius 2 is 1.91 bits per heavy atom. The predicted molar refractivity (Wildman–Crippen MR) is 163 cm³/mol. The van der Waals surface area contributed by atoms with E-state index in [0.29, 0.717) is 50.3 Å². The Kier molecular flexibility index (Phi) is 8.82. The fourth-order valence-corrected chi connectivity index (χ4v) is 6.67. The number of aliphatic carboxylic acids is 1. The van der Waals surface area contributed by atoms with Crippen molar-refractivity contribution in [2.45, 2.75) is 49.4 Å². The van der Waals surface area contributed by atoms with Gasteiger partial charge in [0.15, 0.2) is 9.84 Å². The number of rotatable bonds is 8. The summed E-state index contributed by atoms with van der Waals surface area (Å²) in [6.45, 7) is 3.35. The summed E-state index contributed by atoms with van der Waals surface area (Å²) in [6.07, 6.45) is -1.02. The molecule has 45 heavy (non-hydrogen) atoms. The zero-order chi connectivity index (χ0) is 32.6. The molecule has 2 atom stereocenters. The first kappa shape index (κ1) is 32.2. The highest BCUT2D eigenvalue weighted by Crippen LogP contribution is 2.43. The first-order valence-corrected chi connectivity index (χ1v) is 16.2. The zero-order valence-electron chi connectivity index (χ0n) is 24.7. The number of anilines is 2. The van der Waals surface area contributed by atoms with Gasteiger partial charge in [-0.3, -0.25) is 4.79 Å². The average Bonchev–Trinajstić information content (AvgIpc) is 3.39. The Morgan fingerprint density at radius 1 is 1.18 bits per heavy atom. The van der Waals surface area contributed by atoms with Crippen molar-refractivity contribution in [3.05, 3.63) is 65.7 Å². The lowest BCUT2D eigenvalue weighted by Gasteiger charge is -2.39. The normalized spacial score (nSPS) is 19.2. The molecule has 2 fully saturated rings. The molecular formula is C31H34F3N5O5S. The summed E-state index contributed by atoms with van der Waals surface area (Å²) < 4.78 is 74.3. The molecule has 240 valence electrons. The van der Waals surface area contributed by atoms with Gasteiger partial charge in [0.2, 0.25) is 17.9 Å². The molecule has 5 rings (SSSR count). The number of allylic oxidation sites excluding steroid dienone is 1. The average molecular weight is 646 g/mol. The van der Waals surface area contributed by atoms with E-state index < -0.39 is 34.1 Å². The smallest absolute Gasteiger partial charge is 0.429 e. The van der Waals surface area contributed by atoms with Gasteiger partial charge in [-0.05, 0) is 66.5 Å². The number of aromatic nitrogens is 2. The van der Waals surface area contributed by atoms with E-state index in [1.54, 1.807) is 31.2 Å². The molecule has 3 heterocycles. The lowest BCUT2D eigenvalue weighted by molar-refractivity contribution is -0.198. The van der Waals surface area contributed by atoms with Gasteiger partial charge in [0.1, 0.15) is 11.9 Å². The second-order valence-electron chi connectivity index (χ2n) is 11.6. The number of nitrogen functional groups attached to an aromatic ring is 1. The molecule has 1 aromatic heterocycles. The molecule has 0 saturated carbocycles. The van der Waals surface area contributed by atoms with Crippen LogP contribution >= 0.6 is 0 Å². The quantitative estimate of drug-likeness (QED) is 0.310. The van der Waals surface area contributed by atoms with Gasteiger partial charge in [-0.25, -0.2) is 8.42 Å². The molecule has 0 bridgehead atoms. The van der Waals surface area contributed by atoms with Crippen molar-refractivity contribution in [2.75, 3.05) is 36.5 Å². The highest BCUT2D eigenvalue weighted by molar-refractivity contribution is 7.90. The first-order chi connectivity index (χ1) is 21.2. The van der Waals surface area contributed by atoms with Crippen LogP contribution in [0.5, 0.6) is 5.88 Å². The Morgan fingerprint density at radius 3 is 2.53 bits per heavy atom. The van der Waals surface area contributed by atoms with Crippen LogP contribution in [0.1, 0.15) is 43.4 Å². The predicted octanol–water partition coefficient (Wildman–Crippen LogP) is 4.88. The van der Waals surface area contributed by atoms with Crippen molar-refractivity contribution in [1.82, 2.24) is 15.3 Å². The Bertz CT molecular complexity index is 1720. The number of nitrogens with zero attached hydrogens (tertiary/aromatic N) is 3. The van der Waals surface area contributed by atoms with Crippen LogP contribution in [0.25, 0.3) is 17.2 Å². The largest absolute Gasteiger partial charge is 0.480 e. The van der Waals surface area contributed by atoms with E-state index in [-0.39, 0.29) is 38.8 Å². The summed E-state index contributed by atoms with van der Waals surface area (Å²) in [5.74, 6) is -1.22. The summed E-state index contributed by atoms with van der Waals surface area (Å²) in [4.78, 5) is 21.5. The van der Waals surface area contributed by atoms with Crippen LogP contribution in [0.3, 0.4) is 0 Å². The minimum absolute atomic E-state index is 0.0322. The maximum atomic E-state index is 14.8. The monoisotopic (exact) mass is 645 g/mol. The zero-order valence-corrected chi connectivity index (χ0v) is 25.5. The Labute approximate surface area is 259 Å². The van der Waals surface area contributed by atoms with Gasteiger partial charge in [0, 0.05) is 37.5 Å². The molecular weight excluding hydrogens is 611 g/mol. The maximum absolute atomic E-state index is 14.8. The van der Waals surface area contributed by atoms with Crippen LogP contribution in [0.4, 0.5) is 24.9 Å². The van der Waals surface area contributed by atoms with Crippen molar-refractivity contribution in [1.29, 1.82) is 0 Å². The van der Waals surface area contributed by atoms with E-state index in [0.717, 1.165) is 6.26 Å². The third-order valence-electron chi connectivity index (χ3n) is 8.34. The summed E-state index contributed by atoms with van der Waals surface area (Å²) in [5, 5.41) is 12.4. The Hall–Kier alpha value is -4.17. The van der Waals surface area contributed by atoms with E-state index >= 15 is 0 Å². The summed E-state index contributed by atoms with van der Waals surface area (Å²) in [6, 6.07) is 10.8. The number of hydrogen-bond donors (Lipinski definition) is 3. The molecule has 1 spiro atoms. The van der Waals surface area contributed by atoms with Crippen LogP contribution in [-0.4, -0.2) is 67.6 Å². The number of carboxylic acid groups (broad SMARTS) is 1. The lowest BCUT2D eigenvalue weighted by atomic mass is 9.76. The minimum Gasteiger partial charge on any atom is -0.480 e. The van der Waals surface area contributed by atoms with Gasteiger partial charge in [0.05, 0.1) is 4.90 Å². The van der Waals surface area contributed by atoms with Crippen molar-refractivity contribution >= 4 is 33.6 Å². The lowest BCUT2D eigenvalue weighted by Crippen LogP contribution is -2.41. The van der Waals surface area contributed by atoms with Gasteiger partial charge in [-0.2, -0.15) is 23.1 Å². The number of nitrogens with one attached hydrogen (secondary N) is 1. The topological polar surface area (TPSA) is 148 Å². The SMILES string of the molecule is C/C=C/c1ccc(C(Oc2cc(N3CCC4(CC3)CN[C@H](C(=O)O)C4)nc(N)n2)C(F)(F)F)c(-c2cccc(S(C)(=O)=O)c2)c1. The number of carbonyl (C=O) groups is 1. The number of halogens is 3. The summed E-state index contributed by atoms with van der Waals surface area (Å²) in [7, 11) is -3.63. The molecule has 0 radical (unpaired) electrons. The molecule has 0 amide bonds. The highest BCUT2D eigenvalue weighted by Gasteiger charge is 2.46. The number of benzene rings is 2. The van der Waals surface area contributed by atoms with Gasteiger partial charge >= 0.3 is 12.1 Å². The van der Waals surface area contributed by atoms with E-state index in [4.69, 9.17) is 10.5 Å². The van der Waals surface area contributed by atoms with Gasteiger partial charge in [-0.1, -0.05) is 36.4 Å². The molecule has 1 unspecified atom stereocenters. The molecule has 14 heteroatoms. The number of piperidine rings is 1. The van der Waals surface area contributed by atoms with E-state index in [1.165, 1.54) is 36.4 Å². The van der Waals surface area contributed by atoms with Gasteiger partial charge < -0.3 is 25.8 Å². The standard InChI is InChI=1S/C31H34F3N5O5S/c1-3-5-19-8-9-22(23(14-19)20-6-4-7-21(15-20)45(2,42)43)27(31(32,33)34)44-26-16-25(37-29(35)38-26)39-12-10-30(11-13-39)17-24(28(40)41)36-18-30/h3-9,14-16,24,27,36H,10-13,17-18H2,1-2H3,(H,40,41)(H2,35,37,38)/b5-3+/t24-,27?/m0/s1. The molecule has 4 N–H and O–H groups in total. The molecule has 2 saturated heterocycles. The van der Waals surface area contributed by atoms with Crippen LogP contribution in [0, 0.1) is 5.41 Å². The molecule has 0 aliphatic carbocycles. The van der Waals surface area contributed by atoms with E-state index in [2.05, 4.69) is 15.3 Å². The number of hydrogen-bond acceptors (Lipinski definition) is 9. The Balaban J connectivity index is 1.47. The third kappa shape index (κ3) is 7.22. The molecule has 2 aliphatic heterocycles. The number of nitrogens with two attached hydrogens (primary N) is 1. The van der Waals surface area contributed by atoms with E-state index in [1.807, 2.05) is 4.90 Å². The first-order valence-electron chi connectivity index (χ1n) is 14.3. The fraction of sp³-hybridized carbons (Fsp3) is 0.387. The van der Waals surface area contributed by atoms with Crippen LogP contribution in [0.15, 0.2) is 59.5 Å². The number of sulfone groups is 1. The number of carboxylic acids is 1. The van der Waals surface area contributed by atoms with Gasteiger partial charge in [0.25, 0.3) is 0 Å². The number of alkyl halides is 3. The third-order valence-corrected chi connectivity index (χ3v) is 9.45. The fourth-order valence-electron chi connectivity index (χ4n) is 6.01. The van der Waals surface area contributed by atoms with Crippen LogP contribution in [0.2, 0.25) is 0 Å². The summed E-state index contributed by atoms with van der Waals surface area (Å²) >= 11 is 0. The van der Waals surface area contributed by atoms with Crippen LogP contribution < -0.4 is 20.7 Å². The van der Waals surface area contributed by atoms with E-state index in [9.17, 15) is 31.5 Å². The number of ether oxygens (including phenoxy) is 1. The minimum atomic E-state index is -4.89. The maximum Gasteiger partial charge on any atom is 0.429 e. The second kappa shape index (κ2) is 12.3. The highest BCUT2D eigenvalue weighted by atomic mass is 32.2.